The smallest absolute Gasteiger partial charge is 0.335 e. The van der Waals surface area contributed by atoms with Gasteiger partial charge in [-0.15, -0.1) is 12.4 Å². The average molecular weight is 1260 g/mol. The predicted octanol–water partition coefficient (Wildman–Crippen LogP) is 9.54. The van der Waals surface area contributed by atoms with Gasteiger partial charge in [-0.3, -0.25) is 33.1 Å². The normalized spacial score (nSPS) is 11.7. The Bertz CT molecular complexity index is 4030. The summed E-state index contributed by atoms with van der Waals surface area (Å²) in [7, 11) is 4.83. The Morgan fingerprint density at radius 2 is 0.906 bits per heavy atom. The van der Waals surface area contributed by atoms with Gasteiger partial charge in [-0.1, -0.05) is 108 Å². The molecule has 0 bridgehead atoms. The molecule has 0 radical (unpaired) electrons. The number of hydrogen-bond donors (Lipinski definition) is 2. The van der Waals surface area contributed by atoms with Crippen LogP contribution < -0.4 is 33.1 Å². The van der Waals surface area contributed by atoms with Crippen LogP contribution in [-0.2, 0) is 63.8 Å². The van der Waals surface area contributed by atoms with Crippen molar-refractivity contribution in [2.45, 2.75) is 91.1 Å². The topological polar surface area (TPSA) is 219 Å². The van der Waals surface area contributed by atoms with Crippen LogP contribution in [0, 0.1) is 0 Å². The van der Waals surface area contributed by atoms with Crippen molar-refractivity contribution in [1.82, 2.24) is 33.8 Å². The number of aryl methyl sites for hydroxylation is 3. The summed E-state index contributed by atoms with van der Waals surface area (Å²) in [6.07, 6.45) is 1.77. The Kier molecular flexibility index (Phi) is 22.7. The minimum atomic E-state index is -1.08. The largest absolute Gasteiger partial charge is 0.461 e. The van der Waals surface area contributed by atoms with Gasteiger partial charge in [0.25, 0.3) is 22.9 Å². The molecule has 8 rings (SSSR count). The molecule has 8 aromatic rings. The average Bonchev–Trinajstić information content (AvgIpc) is 2.56. The lowest BCUT2D eigenvalue weighted by Gasteiger charge is -2.20. The molecule has 6 aromatic carbocycles. The molecule has 23 heteroatoms. The molecular formula is C62H62Cl5N7O11. The lowest BCUT2D eigenvalue weighted by molar-refractivity contribution is -0.150. The van der Waals surface area contributed by atoms with E-state index in [1.54, 1.807) is 134 Å². The van der Waals surface area contributed by atoms with Crippen molar-refractivity contribution in [2.75, 3.05) is 7.05 Å². The van der Waals surface area contributed by atoms with Crippen molar-refractivity contribution in [1.29, 1.82) is 0 Å². The second-order valence-electron chi connectivity index (χ2n) is 20.4. The summed E-state index contributed by atoms with van der Waals surface area (Å²) < 4.78 is 15.8. The molecule has 0 aliphatic heterocycles. The van der Waals surface area contributed by atoms with Crippen LogP contribution in [0.25, 0.3) is 33.2 Å². The van der Waals surface area contributed by atoms with E-state index in [1.165, 1.54) is 38.3 Å². The second kappa shape index (κ2) is 29.2. The quantitative estimate of drug-likeness (QED) is 0.0574. The number of carbonyl (C=O) groups excluding carboxylic acids is 5. The van der Waals surface area contributed by atoms with E-state index in [0.717, 1.165) is 33.1 Å². The standard InChI is InChI=1S/C31H30Cl2N4O6.C31H31Cl2N3O5.ClH/c1-18(2)43-30(41)25(34-28(39)27-23(32)6-5-7-24(27)33)15-19-8-11-21(12-9-19)37-29(40)22-14-20(16-35(3)17-38)10-13-26(22)36(4)31(37)42;1-5-7-19-12-15-26-22(16-19)29(38)36(31(40)35(26)4)21-13-10-20(11-14-21)17-25(30(39)41-18(2)3)34-28(37)27-23(32)8-6-9-24(27)33;/h5-14,17-18,25H,15-16H2,1-4H3,(H,34,39);6,8-16,18,25H,5,7,17H2,1-4H3,(H,34,37);1H/t2*25-;/m00./s1. The van der Waals surface area contributed by atoms with E-state index in [9.17, 15) is 43.2 Å². The summed E-state index contributed by atoms with van der Waals surface area (Å²) in [5.41, 5.74) is 2.95. The van der Waals surface area contributed by atoms with Gasteiger partial charge < -0.3 is 25.0 Å². The third-order valence-electron chi connectivity index (χ3n) is 13.4. The van der Waals surface area contributed by atoms with E-state index >= 15 is 0 Å². The van der Waals surface area contributed by atoms with Gasteiger partial charge in [-0.2, -0.15) is 0 Å². The monoisotopic (exact) mass is 1260 g/mol. The number of nitrogens with one attached hydrogen (secondary N) is 2. The van der Waals surface area contributed by atoms with Crippen molar-refractivity contribution < 1.29 is 33.4 Å². The zero-order valence-electron chi connectivity index (χ0n) is 47.6. The lowest BCUT2D eigenvalue weighted by Crippen LogP contribution is -2.44. The predicted molar refractivity (Wildman–Crippen MR) is 334 cm³/mol. The maximum absolute atomic E-state index is 13.5. The van der Waals surface area contributed by atoms with Crippen LogP contribution in [0.1, 0.15) is 84.0 Å². The first-order chi connectivity index (χ1) is 39.9. The highest BCUT2D eigenvalue weighted by molar-refractivity contribution is 6.40. The zero-order valence-corrected chi connectivity index (χ0v) is 51.5. The fourth-order valence-electron chi connectivity index (χ4n) is 9.28. The number of ether oxygens (including phenoxy) is 2. The van der Waals surface area contributed by atoms with E-state index in [2.05, 4.69) is 17.6 Å². The maximum Gasteiger partial charge on any atom is 0.335 e. The van der Waals surface area contributed by atoms with Crippen LogP contribution in [0.4, 0.5) is 0 Å². The van der Waals surface area contributed by atoms with Crippen molar-refractivity contribution in [2.24, 2.45) is 14.1 Å². The van der Waals surface area contributed by atoms with Gasteiger partial charge in [0, 0.05) is 40.5 Å². The third-order valence-corrected chi connectivity index (χ3v) is 14.6. The van der Waals surface area contributed by atoms with Gasteiger partial charge in [0.15, 0.2) is 0 Å². The number of aromatic nitrogens is 4. The molecule has 2 heterocycles. The van der Waals surface area contributed by atoms with Crippen molar-refractivity contribution in [3.8, 4) is 11.4 Å². The Labute approximate surface area is 515 Å². The van der Waals surface area contributed by atoms with Crippen molar-refractivity contribution in [3.05, 3.63) is 216 Å². The fraction of sp³-hybridized carbons (Fsp3) is 0.274. The van der Waals surface area contributed by atoms with Crippen LogP contribution in [0.3, 0.4) is 0 Å². The Balaban J connectivity index is 0.000000269. The first-order valence-corrected chi connectivity index (χ1v) is 28.2. The highest BCUT2D eigenvalue weighted by atomic mass is 35.5. The molecule has 0 spiro atoms. The SMILES string of the molecule is CC(C)OC(=O)[C@H](Cc1ccc(-n2c(=O)c3cc(CN(C)C=O)ccc3n(C)c2=O)cc1)NC(=O)c1c(Cl)cccc1Cl.CCCc1ccc2c(c1)c(=O)n(-c1ccc(C[C@H](NC(=O)c3c(Cl)cccc3Cl)C(=O)OC(C)C)cc1)c(=O)n2C.Cl. The molecular weight excluding hydrogens is 1200 g/mol. The molecule has 0 unspecified atom stereocenters. The Morgan fingerprint density at radius 1 is 0.553 bits per heavy atom. The fourth-order valence-corrected chi connectivity index (χ4v) is 10.4. The van der Waals surface area contributed by atoms with E-state index in [4.69, 9.17) is 55.9 Å². The first-order valence-electron chi connectivity index (χ1n) is 26.7. The summed E-state index contributed by atoms with van der Waals surface area (Å²) >= 11 is 24.7. The summed E-state index contributed by atoms with van der Waals surface area (Å²) in [4.78, 5) is 118. The van der Waals surface area contributed by atoms with Gasteiger partial charge in [0.05, 0.1) is 76.6 Å². The van der Waals surface area contributed by atoms with E-state index in [-0.39, 0.29) is 56.5 Å². The van der Waals surface area contributed by atoms with Gasteiger partial charge in [0.1, 0.15) is 12.1 Å². The Morgan fingerprint density at radius 3 is 1.26 bits per heavy atom. The first kappa shape index (κ1) is 66.1. The molecule has 3 amide bonds. The van der Waals surface area contributed by atoms with E-state index in [0.29, 0.717) is 57.3 Å². The van der Waals surface area contributed by atoms with Crippen LogP contribution >= 0.6 is 58.8 Å². The Hall–Kier alpha value is -8.00. The molecule has 0 fully saturated rings. The molecule has 0 saturated carbocycles. The van der Waals surface area contributed by atoms with Gasteiger partial charge in [-0.05, 0) is 129 Å². The summed E-state index contributed by atoms with van der Waals surface area (Å²) in [5, 5.41) is 6.70. The molecule has 446 valence electrons. The number of hydrogen-bond acceptors (Lipinski definition) is 11. The highest BCUT2D eigenvalue weighted by Crippen LogP contribution is 2.26. The molecule has 85 heavy (non-hydrogen) atoms. The molecule has 2 N–H and O–H groups in total. The van der Waals surface area contributed by atoms with Gasteiger partial charge >= 0.3 is 23.3 Å². The number of halogens is 5. The van der Waals surface area contributed by atoms with Crippen LogP contribution in [-0.4, -0.2) is 84.7 Å². The molecule has 0 aliphatic carbocycles. The number of amides is 3. The second-order valence-corrected chi connectivity index (χ2v) is 22.0. The lowest BCUT2D eigenvalue weighted by atomic mass is 10.0. The van der Waals surface area contributed by atoms with Crippen LogP contribution in [0.2, 0.25) is 20.1 Å². The molecule has 18 nitrogen and oxygen atoms in total. The third kappa shape index (κ3) is 15.7. The highest BCUT2D eigenvalue weighted by Gasteiger charge is 2.29. The van der Waals surface area contributed by atoms with Crippen LogP contribution in [0.5, 0.6) is 0 Å². The number of esters is 2. The number of nitrogens with zero attached hydrogens (tertiary/aromatic N) is 5. The summed E-state index contributed by atoms with van der Waals surface area (Å²) in [6, 6.07) is 31.1. The number of rotatable bonds is 19. The van der Waals surface area contributed by atoms with Gasteiger partial charge in [0.2, 0.25) is 6.41 Å². The number of fused-ring (bicyclic) bond motifs is 2. The zero-order chi connectivity index (χ0) is 61.3. The number of benzene rings is 6. The van der Waals surface area contributed by atoms with Gasteiger partial charge in [-0.25, -0.2) is 28.3 Å². The summed E-state index contributed by atoms with van der Waals surface area (Å²) in [5.74, 6) is -2.52. The summed E-state index contributed by atoms with van der Waals surface area (Å²) in [6.45, 7) is 9.18. The molecule has 2 atom stereocenters. The minimum Gasteiger partial charge on any atom is -0.461 e. The molecule has 0 aliphatic rings. The van der Waals surface area contributed by atoms with E-state index in [1.807, 2.05) is 12.1 Å². The molecule has 2 aromatic heterocycles. The number of carbonyl (C=O) groups is 5. The van der Waals surface area contributed by atoms with E-state index < -0.39 is 70.5 Å². The molecule has 0 saturated heterocycles. The van der Waals surface area contributed by atoms with Crippen molar-refractivity contribution >= 4 is 111 Å². The van der Waals surface area contributed by atoms with Crippen LogP contribution in [0.15, 0.2) is 141 Å². The van der Waals surface area contributed by atoms with Crippen molar-refractivity contribution in [3.63, 3.8) is 0 Å². The minimum absolute atomic E-state index is 0. The maximum atomic E-state index is 13.5.